The fourth-order valence-electron chi connectivity index (χ4n) is 1.83. The van der Waals surface area contributed by atoms with E-state index in [0.29, 0.717) is 5.56 Å². The third-order valence-corrected chi connectivity index (χ3v) is 3.39. The molecule has 2 N–H and O–H groups in total. The van der Waals surface area contributed by atoms with E-state index in [-0.39, 0.29) is 27.0 Å². The van der Waals surface area contributed by atoms with Crippen molar-refractivity contribution in [2.45, 2.75) is 0 Å². The Morgan fingerprint density at radius 1 is 1.30 bits per heavy atom. The van der Waals surface area contributed by atoms with Gasteiger partial charge in [-0.15, -0.1) is 0 Å². The molecule has 23 heavy (non-hydrogen) atoms. The van der Waals surface area contributed by atoms with Crippen LogP contribution in [0.4, 0.5) is 15.8 Å². The molecule has 9 heteroatoms. The first kappa shape index (κ1) is 16.6. The van der Waals surface area contributed by atoms with Crippen LogP contribution >= 0.6 is 11.6 Å². The Morgan fingerprint density at radius 3 is 2.43 bits per heavy atom. The molecule has 0 amide bonds. The molecule has 2 aromatic rings. The van der Waals surface area contributed by atoms with E-state index in [1.54, 1.807) is 0 Å². The van der Waals surface area contributed by atoms with Crippen molar-refractivity contribution in [2.75, 3.05) is 20.0 Å². The van der Waals surface area contributed by atoms with Crippen molar-refractivity contribution in [3.05, 3.63) is 45.7 Å². The first-order chi connectivity index (χ1) is 10.9. The Balaban J connectivity index is 2.57. The van der Waals surface area contributed by atoms with Crippen LogP contribution in [0.5, 0.6) is 0 Å². The van der Waals surface area contributed by atoms with Crippen LogP contribution in [0.15, 0.2) is 24.3 Å². The number of hydrogen-bond acceptors (Lipinski definition) is 6. The third kappa shape index (κ3) is 3.07. The van der Waals surface area contributed by atoms with Gasteiger partial charge >= 0.3 is 11.7 Å². The molecule has 0 radical (unpaired) electrons. The average Bonchev–Trinajstić information content (AvgIpc) is 2.59. The lowest BCUT2D eigenvalue weighted by Crippen LogP contribution is -2.10. The molecule has 0 saturated heterocycles. The van der Waals surface area contributed by atoms with Crippen LogP contribution in [0.1, 0.15) is 10.5 Å². The molecule has 0 atom stereocenters. The van der Waals surface area contributed by atoms with Gasteiger partial charge in [-0.1, -0.05) is 11.6 Å². The summed E-state index contributed by atoms with van der Waals surface area (Å²) in [6.07, 6.45) is 0. The molecule has 1 heterocycles. The number of nitrogens with two attached hydrogens (primary N) is 1. The van der Waals surface area contributed by atoms with Crippen molar-refractivity contribution in [3.63, 3.8) is 0 Å². The summed E-state index contributed by atoms with van der Waals surface area (Å²) in [5.41, 5.74) is 5.18. The minimum Gasteiger partial charge on any atom is -0.464 e. The van der Waals surface area contributed by atoms with Crippen LogP contribution in [0.2, 0.25) is 5.02 Å². The van der Waals surface area contributed by atoms with Crippen molar-refractivity contribution < 1.29 is 23.7 Å². The largest absolute Gasteiger partial charge is 0.464 e. The fraction of sp³-hybridized carbons (Fsp3) is 0.143. The zero-order valence-electron chi connectivity index (χ0n) is 12.2. The number of hydrogen-bond donors (Lipinski definition) is 1. The molecular weight excluding hydrogens is 329 g/mol. The number of benzene rings is 1. The third-order valence-electron chi connectivity index (χ3n) is 3.01. The fourth-order valence-corrected chi connectivity index (χ4v) is 2.03. The number of methoxy groups -OCH3 is 1. The van der Waals surface area contributed by atoms with Gasteiger partial charge in [0.05, 0.1) is 22.7 Å². The van der Waals surface area contributed by atoms with Crippen LogP contribution in [0.3, 0.4) is 0 Å². The van der Waals surface area contributed by atoms with E-state index in [0.717, 1.165) is 7.11 Å². The Bertz CT molecular complexity index is 781. The summed E-state index contributed by atoms with van der Waals surface area (Å²) < 4.78 is 18.8. The number of carbonyl (C=O) groups excluding carboxylic acids is 1. The predicted molar refractivity (Wildman–Crippen MR) is 80.7 cm³/mol. The molecule has 0 unspecified atom stereocenters. The Kier molecular flexibility index (Phi) is 4.75. The smallest absolute Gasteiger partial charge is 0.358 e. The van der Waals surface area contributed by atoms with E-state index in [1.165, 1.54) is 31.4 Å². The average molecular weight is 341 g/mol. The molecule has 120 valence electrons. The number of halogens is 2. The molecule has 0 aliphatic heterocycles. The second-order valence-corrected chi connectivity index (χ2v) is 4.71. The lowest BCUT2D eigenvalue weighted by atomic mass is 10.1. The molecule has 2 rings (SSSR count). The predicted octanol–water partition coefficient (Wildman–Crippen LogP) is 2.88. The number of ether oxygens (including phenoxy) is 1. The lowest BCUT2D eigenvalue weighted by Gasteiger charge is -2.10. The minimum atomic E-state index is -0.874. The summed E-state index contributed by atoms with van der Waals surface area (Å²) in [7, 11) is 2.35. The van der Waals surface area contributed by atoms with Gasteiger partial charge in [-0.05, 0) is 12.1 Å². The van der Waals surface area contributed by atoms with Gasteiger partial charge in [0, 0.05) is 17.7 Å². The standard InChI is InChI=1S/C14H12ClFN3O4/c1-22-14(20)13-9(15)11(17)10(16)12(18-13)7-3-5-8(6-4-7)19(21)23-2/h3-6H,1-2H3,(H2,17,18)/q+1. The van der Waals surface area contributed by atoms with E-state index in [4.69, 9.17) is 17.3 Å². The van der Waals surface area contributed by atoms with Gasteiger partial charge in [0.25, 0.3) is 4.92 Å². The highest BCUT2D eigenvalue weighted by molar-refractivity contribution is 6.35. The summed E-state index contributed by atoms with van der Waals surface area (Å²) in [4.78, 5) is 31.6. The highest BCUT2D eigenvalue weighted by Gasteiger charge is 2.23. The highest BCUT2D eigenvalue weighted by atomic mass is 35.5. The lowest BCUT2D eigenvalue weighted by molar-refractivity contribution is -0.736. The summed E-state index contributed by atoms with van der Waals surface area (Å²) in [6, 6.07) is 5.66. The van der Waals surface area contributed by atoms with E-state index < -0.39 is 17.5 Å². The van der Waals surface area contributed by atoms with Crippen LogP contribution in [-0.4, -0.2) is 30.1 Å². The maximum Gasteiger partial charge on any atom is 0.358 e. The van der Waals surface area contributed by atoms with Gasteiger partial charge in [-0.25, -0.2) is 19.0 Å². The molecule has 0 fully saturated rings. The molecule has 0 bridgehead atoms. The molecule has 1 aromatic heterocycles. The number of anilines is 1. The summed E-state index contributed by atoms with van der Waals surface area (Å²) in [5, 5.41) is -0.320. The summed E-state index contributed by atoms with van der Waals surface area (Å²) in [6.45, 7) is 0. The molecule has 0 aliphatic rings. The van der Waals surface area contributed by atoms with Crippen LogP contribution in [0.25, 0.3) is 11.3 Å². The first-order valence-corrected chi connectivity index (χ1v) is 6.63. The number of nitrogen functional groups attached to an aromatic ring is 1. The Morgan fingerprint density at radius 2 is 1.91 bits per heavy atom. The molecule has 0 aliphatic carbocycles. The molecular formula is C14H12ClFN3O4+. The second-order valence-electron chi connectivity index (χ2n) is 4.33. The molecule has 0 saturated carbocycles. The van der Waals surface area contributed by atoms with Gasteiger partial charge in [0.1, 0.15) is 5.69 Å². The highest BCUT2D eigenvalue weighted by Crippen LogP contribution is 2.32. The van der Waals surface area contributed by atoms with Gasteiger partial charge < -0.3 is 10.5 Å². The Hall–Kier alpha value is -2.74. The number of nitrogens with zero attached hydrogens (tertiary/aromatic N) is 2. The zero-order chi connectivity index (χ0) is 17.1. The second kappa shape index (κ2) is 6.57. The number of carbonyl (C=O) groups is 1. The van der Waals surface area contributed by atoms with Gasteiger partial charge in [0.2, 0.25) is 0 Å². The van der Waals surface area contributed by atoms with Crippen LogP contribution < -0.4 is 5.73 Å². The normalized spacial score (nSPS) is 10.3. The van der Waals surface area contributed by atoms with Crippen LogP contribution in [0, 0.1) is 10.7 Å². The summed E-state index contributed by atoms with van der Waals surface area (Å²) in [5.74, 6) is -1.72. The van der Waals surface area contributed by atoms with Crippen molar-refractivity contribution in [1.82, 2.24) is 4.98 Å². The van der Waals surface area contributed by atoms with E-state index in [1.807, 2.05) is 0 Å². The van der Waals surface area contributed by atoms with E-state index >= 15 is 0 Å². The SMILES string of the molecule is COC(=O)c1nc(-c2ccc([N+](=O)OC)cc2)c(F)c(N)c1Cl. The molecule has 7 nitrogen and oxygen atoms in total. The topological polar surface area (TPSA) is 94.5 Å². The number of esters is 1. The van der Waals surface area contributed by atoms with Crippen LogP contribution in [-0.2, 0) is 9.57 Å². The summed E-state index contributed by atoms with van der Waals surface area (Å²) >= 11 is 5.82. The van der Waals surface area contributed by atoms with Crippen molar-refractivity contribution in [1.29, 1.82) is 0 Å². The number of rotatable bonds is 4. The van der Waals surface area contributed by atoms with Crippen molar-refractivity contribution in [2.24, 2.45) is 0 Å². The minimum absolute atomic E-state index is 0.186. The zero-order valence-corrected chi connectivity index (χ0v) is 12.9. The Labute approximate surface area is 135 Å². The first-order valence-electron chi connectivity index (χ1n) is 6.25. The number of aromatic nitrogens is 1. The van der Waals surface area contributed by atoms with Gasteiger partial charge in [-0.3, -0.25) is 0 Å². The maximum atomic E-state index is 14.3. The van der Waals surface area contributed by atoms with Crippen molar-refractivity contribution >= 4 is 28.9 Å². The maximum absolute atomic E-state index is 14.3. The number of pyridine rings is 1. The molecule has 0 spiro atoms. The van der Waals surface area contributed by atoms with E-state index in [2.05, 4.69) is 14.6 Å². The monoisotopic (exact) mass is 340 g/mol. The van der Waals surface area contributed by atoms with Crippen molar-refractivity contribution in [3.8, 4) is 11.3 Å². The van der Waals surface area contributed by atoms with E-state index in [9.17, 15) is 14.1 Å². The van der Waals surface area contributed by atoms with Gasteiger partial charge in [-0.2, -0.15) is 0 Å². The van der Waals surface area contributed by atoms with Gasteiger partial charge in [0.15, 0.2) is 18.6 Å². The molecule has 1 aromatic carbocycles. The quantitative estimate of drug-likeness (QED) is 0.679.